The van der Waals surface area contributed by atoms with Crippen molar-refractivity contribution in [1.82, 2.24) is 4.90 Å². The maximum atomic E-state index is 13.3. The molecule has 19 heavy (non-hydrogen) atoms. The summed E-state index contributed by atoms with van der Waals surface area (Å²) in [5.74, 6) is -0.210. The number of halogens is 1. The zero-order valence-electron chi connectivity index (χ0n) is 11.5. The van der Waals surface area contributed by atoms with Gasteiger partial charge in [-0.15, -0.1) is 0 Å². The number of hydrogen-bond acceptors (Lipinski definition) is 3. The molecular formula is C15H23FN2O. The lowest BCUT2D eigenvalue weighted by molar-refractivity contribution is -0.00778. The van der Waals surface area contributed by atoms with E-state index in [2.05, 4.69) is 4.90 Å². The van der Waals surface area contributed by atoms with E-state index < -0.39 is 0 Å². The van der Waals surface area contributed by atoms with Crippen molar-refractivity contribution in [2.24, 2.45) is 5.73 Å². The highest BCUT2D eigenvalue weighted by atomic mass is 19.1. The molecule has 0 amide bonds. The first-order valence-electron chi connectivity index (χ1n) is 6.98. The van der Waals surface area contributed by atoms with Crippen LogP contribution in [0.1, 0.15) is 30.9 Å². The smallest absolute Gasteiger partial charge is 0.123 e. The molecule has 0 aliphatic carbocycles. The van der Waals surface area contributed by atoms with Gasteiger partial charge in [0.1, 0.15) is 5.82 Å². The summed E-state index contributed by atoms with van der Waals surface area (Å²) in [5, 5.41) is 0. The van der Waals surface area contributed by atoms with Crippen molar-refractivity contribution in [3.63, 3.8) is 0 Å². The normalized spacial score (nSPS) is 21.6. The minimum absolute atomic E-state index is 0.0428. The standard InChI is InChI=1S/C15H23FN2O/c1-18(11-14-7-2-3-8-19-14)15(10-17)12-5-4-6-13(16)9-12/h4-6,9,14-15H,2-3,7-8,10-11,17H2,1H3. The second-order valence-electron chi connectivity index (χ2n) is 5.23. The van der Waals surface area contributed by atoms with E-state index in [1.807, 2.05) is 13.1 Å². The number of likely N-dealkylation sites (N-methyl/N-ethyl adjacent to an activating group) is 1. The van der Waals surface area contributed by atoms with Crippen molar-refractivity contribution in [1.29, 1.82) is 0 Å². The lowest BCUT2D eigenvalue weighted by atomic mass is 10.0. The Morgan fingerprint density at radius 2 is 2.32 bits per heavy atom. The fourth-order valence-corrected chi connectivity index (χ4v) is 2.68. The number of hydrogen-bond donors (Lipinski definition) is 1. The third-order valence-electron chi connectivity index (χ3n) is 3.75. The van der Waals surface area contributed by atoms with Gasteiger partial charge in [0.25, 0.3) is 0 Å². The second-order valence-corrected chi connectivity index (χ2v) is 5.23. The molecule has 1 aliphatic rings. The summed E-state index contributed by atoms with van der Waals surface area (Å²) in [6.07, 6.45) is 3.77. The van der Waals surface area contributed by atoms with E-state index in [1.165, 1.54) is 12.5 Å². The molecule has 106 valence electrons. The lowest BCUT2D eigenvalue weighted by Crippen LogP contribution is -2.38. The van der Waals surface area contributed by atoms with E-state index in [-0.39, 0.29) is 18.0 Å². The molecule has 0 saturated carbocycles. The number of benzene rings is 1. The molecule has 3 nitrogen and oxygen atoms in total. The van der Waals surface area contributed by atoms with Crippen LogP contribution in [-0.4, -0.2) is 37.7 Å². The quantitative estimate of drug-likeness (QED) is 0.889. The summed E-state index contributed by atoms with van der Waals surface area (Å²) in [6, 6.07) is 6.73. The third kappa shape index (κ3) is 4.00. The summed E-state index contributed by atoms with van der Waals surface area (Å²) in [5.41, 5.74) is 6.79. The molecule has 1 aromatic carbocycles. The van der Waals surface area contributed by atoms with Gasteiger partial charge in [-0.3, -0.25) is 4.90 Å². The van der Waals surface area contributed by atoms with Gasteiger partial charge in [-0.25, -0.2) is 4.39 Å². The fraction of sp³-hybridized carbons (Fsp3) is 0.600. The average Bonchev–Trinajstić information content (AvgIpc) is 2.41. The van der Waals surface area contributed by atoms with Gasteiger partial charge in [0.05, 0.1) is 6.10 Å². The van der Waals surface area contributed by atoms with Gasteiger partial charge in [-0.05, 0) is 44.0 Å². The minimum atomic E-state index is -0.210. The minimum Gasteiger partial charge on any atom is -0.377 e. The summed E-state index contributed by atoms with van der Waals surface area (Å²) in [4.78, 5) is 2.17. The van der Waals surface area contributed by atoms with Crippen LogP contribution in [0.3, 0.4) is 0 Å². The monoisotopic (exact) mass is 266 g/mol. The Morgan fingerprint density at radius 3 is 2.95 bits per heavy atom. The first-order chi connectivity index (χ1) is 9.20. The van der Waals surface area contributed by atoms with Crippen molar-refractivity contribution in [3.05, 3.63) is 35.6 Å². The van der Waals surface area contributed by atoms with Gasteiger partial charge in [-0.1, -0.05) is 12.1 Å². The highest BCUT2D eigenvalue weighted by Crippen LogP contribution is 2.21. The fourth-order valence-electron chi connectivity index (χ4n) is 2.68. The number of nitrogens with two attached hydrogens (primary N) is 1. The van der Waals surface area contributed by atoms with Gasteiger partial charge in [0.15, 0.2) is 0 Å². The van der Waals surface area contributed by atoms with Gasteiger partial charge < -0.3 is 10.5 Å². The maximum absolute atomic E-state index is 13.3. The highest BCUT2D eigenvalue weighted by molar-refractivity contribution is 5.20. The summed E-state index contributed by atoms with van der Waals surface area (Å²) < 4.78 is 19.0. The molecule has 4 heteroatoms. The Labute approximate surface area is 114 Å². The van der Waals surface area contributed by atoms with Crippen LogP contribution in [0.2, 0.25) is 0 Å². The van der Waals surface area contributed by atoms with Crippen LogP contribution in [0.25, 0.3) is 0 Å². The first-order valence-corrected chi connectivity index (χ1v) is 6.98. The zero-order chi connectivity index (χ0) is 13.7. The van der Waals surface area contributed by atoms with Gasteiger partial charge >= 0.3 is 0 Å². The molecule has 1 aromatic rings. The topological polar surface area (TPSA) is 38.5 Å². The molecule has 1 heterocycles. The van der Waals surface area contributed by atoms with E-state index >= 15 is 0 Å². The van der Waals surface area contributed by atoms with Crippen molar-refractivity contribution < 1.29 is 9.13 Å². The molecule has 0 aromatic heterocycles. The Morgan fingerprint density at radius 1 is 1.47 bits per heavy atom. The Hall–Kier alpha value is -0.970. The molecule has 2 unspecified atom stereocenters. The third-order valence-corrected chi connectivity index (χ3v) is 3.75. The number of nitrogens with zero attached hydrogens (tertiary/aromatic N) is 1. The van der Waals surface area contributed by atoms with Crippen LogP contribution in [0, 0.1) is 5.82 Å². The van der Waals surface area contributed by atoms with E-state index in [4.69, 9.17) is 10.5 Å². The van der Waals surface area contributed by atoms with E-state index in [9.17, 15) is 4.39 Å². The van der Waals surface area contributed by atoms with Crippen molar-refractivity contribution in [2.45, 2.75) is 31.4 Å². The molecule has 0 bridgehead atoms. The molecule has 1 saturated heterocycles. The zero-order valence-corrected chi connectivity index (χ0v) is 11.5. The van der Waals surface area contributed by atoms with Crippen molar-refractivity contribution >= 4 is 0 Å². The molecule has 1 aliphatic heterocycles. The largest absolute Gasteiger partial charge is 0.377 e. The molecule has 0 spiro atoms. The average molecular weight is 266 g/mol. The van der Waals surface area contributed by atoms with Crippen LogP contribution < -0.4 is 5.73 Å². The van der Waals surface area contributed by atoms with Gasteiger partial charge in [0.2, 0.25) is 0 Å². The molecular weight excluding hydrogens is 243 g/mol. The molecule has 1 fully saturated rings. The number of ether oxygens (including phenoxy) is 1. The van der Waals surface area contributed by atoms with Gasteiger partial charge in [0, 0.05) is 25.7 Å². The Kier molecular flexibility index (Phi) is 5.31. The van der Waals surface area contributed by atoms with E-state index in [1.54, 1.807) is 12.1 Å². The SMILES string of the molecule is CN(CC1CCCCO1)C(CN)c1cccc(F)c1. The van der Waals surface area contributed by atoms with Crippen LogP contribution >= 0.6 is 0 Å². The van der Waals surface area contributed by atoms with Crippen LogP contribution in [0.4, 0.5) is 4.39 Å². The maximum Gasteiger partial charge on any atom is 0.123 e. The molecule has 2 rings (SSSR count). The van der Waals surface area contributed by atoms with Gasteiger partial charge in [-0.2, -0.15) is 0 Å². The Bertz CT molecular complexity index is 393. The number of rotatable bonds is 5. The predicted molar refractivity (Wildman–Crippen MR) is 74.4 cm³/mol. The van der Waals surface area contributed by atoms with Crippen LogP contribution in [0.15, 0.2) is 24.3 Å². The van der Waals surface area contributed by atoms with Crippen LogP contribution in [0.5, 0.6) is 0 Å². The van der Waals surface area contributed by atoms with Crippen molar-refractivity contribution in [3.8, 4) is 0 Å². The molecule has 2 atom stereocenters. The predicted octanol–water partition coefficient (Wildman–Crippen LogP) is 2.33. The summed E-state index contributed by atoms with van der Waals surface area (Å²) >= 11 is 0. The van der Waals surface area contributed by atoms with Crippen molar-refractivity contribution in [2.75, 3.05) is 26.7 Å². The van der Waals surface area contributed by atoms with E-state index in [0.29, 0.717) is 6.54 Å². The highest BCUT2D eigenvalue weighted by Gasteiger charge is 2.21. The molecule has 0 radical (unpaired) electrons. The lowest BCUT2D eigenvalue weighted by Gasteiger charge is -2.32. The first kappa shape index (κ1) is 14.4. The Balaban J connectivity index is 1.99. The summed E-state index contributed by atoms with van der Waals surface area (Å²) in [6.45, 7) is 2.18. The second kappa shape index (κ2) is 6.98. The van der Waals surface area contributed by atoms with E-state index in [0.717, 1.165) is 31.6 Å². The molecule has 2 N–H and O–H groups in total. The van der Waals surface area contributed by atoms with Crippen LogP contribution in [-0.2, 0) is 4.74 Å². The summed E-state index contributed by atoms with van der Waals surface area (Å²) in [7, 11) is 2.03.